The third-order valence-electron chi connectivity index (χ3n) is 12.4. The van der Waals surface area contributed by atoms with E-state index in [1.165, 1.54) is 24.5 Å². The molecule has 0 saturated heterocycles. The first-order chi connectivity index (χ1) is 36.6. The molecule has 0 radical (unpaired) electrons. The zero-order valence-electron chi connectivity index (χ0n) is 44.6. The summed E-state index contributed by atoms with van der Waals surface area (Å²) >= 11 is 0. The summed E-state index contributed by atoms with van der Waals surface area (Å²) in [5.41, 5.74) is 18.2. The molecule has 17 heteroatoms. The zero-order valence-corrected chi connectivity index (χ0v) is 44.6. The molecule has 0 spiro atoms. The number of aromatic nitrogens is 5. The Bertz CT molecular complexity index is 2880. The van der Waals surface area contributed by atoms with Gasteiger partial charge < -0.3 is 30.7 Å². The van der Waals surface area contributed by atoms with Crippen LogP contribution in [0, 0.1) is 11.6 Å². The molecule has 75 heavy (non-hydrogen) atoms. The normalized spacial score (nSPS) is 14.0. The molecular weight excluding hydrogens is 953 g/mol. The van der Waals surface area contributed by atoms with Gasteiger partial charge in [0.05, 0.1) is 86.9 Å². The second-order valence-corrected chi connectivity index (χ2v) is 16.8. The molecule has 8 rings (SSSR count). The van der Waals surface area contributed by atoms with Gasteiger partial charge in [0.2, 0.25) is 0 Å². The van der Waals surface area contributed by atoms with E-state index in [1.54, 1.807) is 74.2 Å². The fourth-order valence-corrected chi connectivity index (χ4v) is 8.64. The number of likely N-dealkylation sites (N-methyl/N-ethyl adjacent to an activating group) is 2. The molecule has 398 valence electrons. The van der Waals surface area contributed by atoms with Crippen molar-refractivity contribution in [3.8, 4) is 22.5 Å². The molecule has 0 fully saturated rings. The number of nitrogens with zero attached hydrogens (tertiary/aromatic N) is 9. The Balaban J connectivity index is 0.000000260. The largest absolute Gasteiger partial charge is 0.404 e. The highest BCUT2D eigenvalue weighted by Gasteiger charge is 2.34. The molecule has 2 amide bonds. The molecule has 6 aromatic rings. The first-order valence-corrected chi connectivity index (χ1v) is 25.9. The van der Waals surface area contributed by atoms with Crippen molar-refractivity contribution in [1.29, 1.82) is 0 Å². The van der Waals surface area contributed by atoms with Crippen LogP contribution in [0.4, 0.5) is 8.78 Å². The van der Waals surface area contributed by atoms with Gasteiger partial charge in [-0.25, -0.2) is 8.78 Å². The van der Waals surface area contributed by atoms with Crippen LogP contribution < -0.4 is 11.5 Å². The minimum atomic E-state index is -0.422. The Morgan fingerprint density at radius 1 is 0.667 bits per heavy atom. The van der Waals surface area contributed by atoms with Crippen LogP contribution in [0.1, 0.15) is 105 Å². The Kier molecular flexibility index (Phi) is 23.2. The molecule has 0 unspecified atom stereocenters. The molecule has 3 aromatic carbocycles. The van der Waals surface area contributed by atoms with Gasteiger partial charge in [0.15, 0.2) is 0 Å². The summed E-state index contributed by atoms with van der Waals surface area (Å²) in [5, 5.41) is 9.23. The molecule has 4 N–H and O–H groups in total. The van der Waals surface area contributed by atoms with Gasteiger partial charge in [-0.15, -0.1) is 0 Å². The lowest BCUT2D eigenvalue weighted by atomic mass is 10.0. The van der Waals surface area contributed by atoms with E-state index in [9.17, 15) is 18.4 Å². The van der Waals surface area contributed by atoms with E-state index in [0.717, 1.165) is 16.8 Å². The smallest absolute Gasteiger partial charge is 0.258 e. The van der Waals surface area contributed by atoms with Gasteiger partial charge in [-0.1, -0.05) is 95.3 Å². The topological polar surface area (TPSA) is 184 Å². The molecule has 2 atom stereocenters. The number of carbonyl (C=O) groups is 2. The molecular formula is C58H73F2N11O4. The quantitative estimate of drug-likeness (QED) is 0.0840. The minimum absolute atomic E-state index is 0.151. The molecule has 0 saturated carbocycles. The lowest BCUT2D eigenvalue weighted by Gasteiger charge is -2.30. The number of pyridine rings is 1. The summed E-state index contributed by atoms with van der Waals surface area (Å²) in [6.45, 7) is 20.1. The number of halogens is 2. The fraction of sp³-hybridized carbons (Fsp3) is 0.362. The lowest BCUT2D eigenvalue weighted by molar-refractivity contribution is 0.0651. The van der Waals surface area contributed by atoms with E-state index in [2.05, 4.69) is 25.2 Å². The molecule has 0 aliphatic carbocycles. The van der Waals surface area contributed by atoms with Gasteiger partial charge >= 0.3 is 0 Å². The Hall–Kier alpha value is -7.63. The van der Waals surface area contributed by atoms with Crippen molar-refractivity contribution < 1.29 is 27.8 Å². The summed E-state index contributed by atoms with van der Waals surface area (Å²) in [6.07, 6.45) is 8.80. The first-order valence-electron chi connectivity index (χ1n) is 25.9. The standard InChI is InChI=1S/C28H32FN5O2.C26H29FN6O2.2C2H6/c1-3-22(18-31-17-21(16-30)20-10-6-5-7-11-20)33(4-2)28(35)26-25-19-36-15-14-34(25)32-27(26)23-12-8-9-13-24(23)29;1-3-32(18(2)15-29-16-19(14-28)22-10-6-7-11-30-22)26(34)24-23-17-35-13-12-33(23)31-25(24)20-8-4-5-9-21(20)27;2*1-2/h5-13,16-17,22H,3-4,14-15,18-19,30H2,1-2H3;4-11,14,16,18H,3,12-13,15,17,28H2,1-2H3;2*1-2H3/b21-16+,31-17?;19-14+,29-16?;;/t22-;18-;;/m00../s1. The predicted molar refractivity (Wildman–Crippen MR) is 296 cm³/mol. The summed E-state index contributed by atoms with van der Waals surface area (Å²) < 4.78 is 44.2. The van der Waals surface area contributed by atoms with Crippen LogP contribution in [0.5, 0.6) is 0 Å². The summed E-state index contributed by atoms with van der Waals surface area (Å²) in [4.78, 5) is 44.8. The predicted octanol–water partition coefficient (Wildman–Crippen LogP) is 10.1. The maximum Gasteiger partial charge on any atom is 0.258 e. The van der Waals surface area contributed by atoms with Crippen molar-refractivity contribution in [3.63, 3.8) is 0 Å². The van der Waals surface area contributed by atoms with Crippen molar-refractivity contribution in [1.82, 2.24) is 34.3 Å². The van der Waals surface area contributed by atoms with Crippen LogP contribution in [-0.2, 0) is 35.8 Å². The molecule has 3 aromatic heterocycles. The summed E-state index contributed by atoms with van der Waals surface area (Å²) in [7, 11) is 0. The molecule has 5 heterocycles. The van der Waals surface area contributed by atoms with Crippen LogP contribution in [0.25, 0.3) is 33.7 Å². The average molecular weight is 1030 g/mol. The minimum Gasteiger partial charge on any atom is -0.404 e. The molecule has 0 bridgehead atoms. The number of hydrogen-bond acceptors (Lipinski definition) is 11. The van der Waals surface area contributed by atoms with Crippen LogP contribution in [0.15, 0.2) is 126 Å². The Labute approximate surface area is 440 Å². The number of allylic oxidation sites excluding steroid dienone is 2. The van der Waals surface area contributed by atoms with Gasteiger partial charge in [-0.3, -0.25) is 33.9 Å². The van der Waals surface area contributed by atoms with Crippen molar-refractivity contribution in [2.75, 3.05) is 39.4 Å². The second kappa shape index (κ2) is 29.9. The van der Waals surface area contributed by atoms with Crippen molar-refractivity contribution in [2.45, 2.75) is 100 Å². The fourth-order valence-electron chi connectivity index (χ4n) is 8.64. The lowest BCUT2D eigenvalue weighted by Crippen LogP contribution is -2.42. The number of aliphatic imine (C=N–C) groups is 2. The van der Waals surface area contributed by atoms with E-state index in [-0.39, 0.29) is 37.1 Å². The SMILES string of the molecule is CC.CC.CCN(C(=O)c1c(-c2ccccc2F)nn2c1COCC2)[C@@H](C)CN=C/C(=C\N)c1ccccn1.CC[C@@H](CN=C/C(=C\N)c1ccccc1)N(CC)C(=O)c1c(-c2ccccc2F)nn2c1COCC2. The molecule has 15 nitrogen and oxygen atoms in total. The third-order valence-corrected chi connectivity index (χ3v) is 12.4. The number of carbonyl (C=O) groups excluding carboxylic acids is 2. The van der Waals surface area contributed by atoms with Gasteiger partial charge in [0.25, 0.3) is 11.8 Å². The Morgan fingerprint density at radius 3 is 1.63 bits per heavy atom. The van der Waals surface area contributed by atoms with Crippen molar-refractivity contribution >= 4 is 35.4 Å². The number of benzene rings is 3. The van der Waals surface area contributed by atoms with E-state index in [1.807, 2.05) is 104 Å². The van der Waals surface area contributed by atoms with Gasteiger partial charge in [0, 0.05) is 72.4 Å². The second-order valence-electron chi connectivity index (χ2n) is 16.8. The monoisotopic (exact) mass is 1030 g/mol. The third kappa shape index (κ3) is 14.4. The Morgan fingerprint density at radius 2 is 1.15 bits per heavy atom. The molecule has 2 aliphatic heterocycles. The van der Waals surface area contributed by atoms with E-state index >= 15 is 0 Å². The van der Waals surface area contributed by atoms with Crippen LogP contribution >= 0.6 is 0 Å². The number of nitrogens with two attached hydrogens (primary N) is 2. The van der Waals surface area contributed by atoms with Crippen LogP contribution in [0.3, 0.4) is 0 Å². The van der Waals surface area contributed by atoms with E-state index < -0.39 is 11.6 Å². The van der Waals surface area contributed by atoms with Gasteiger partial charge in [0.1, 0.15) is 23.0 Å². The maximum absolute atomic E-state index is 14.8. The van der Waals surface area contributed by atoms with Gasteiger partial charge in [-0.2, -0.15) is 10.2 Å². The highest BCUT2D eigenvalue weighted by atomic mass is 19.1. The van der Waals surface area contributed by atoms with E-state index in [4.69, 9.17) is 20.9 Å². The summed E-state index contributed by atoms with van der Waals surface area (Å²) in [5.74, 6) is -1.25. The number of ether oxygens (including phenoxy) is 2. The first kappa shape index (κ1) is 58.3. The molecule has 2 aliphatic rings. The van der Waals surface area contributed by atoms with Crippen molar-refractivity contribution in [3.05, 3.63) is 161 Å². The number of amides is 2. The highest BCUT2D eigenvalue weighted by molar-refractivity contribution is 6.10. The van der Waals surface area contributed by atoms with Crippen molar-refractivity contribution in [2.24, 2.45) is 21.5 Å². The summed E-state index contributed by atoms with van der Waals surface area (Å²) in [6, 6.07) is 27.8. The maximum atomic E-state index is 14.8. The van der Waals surface area contributed by atoms with Crippen LogP contribution in [0.2, 0.25) is 0 Å². The number of fused-ring (bicyclic) bond motifs is 2. The average Bonchev–Trinajstić information content (AvgIpc) is 4.04. The van der Waals surface area contributed by atoms with Gasteiger partial charge in [-0.05, 0) is 69.2 Å². The number of rotatable bonds is 17. The highest BCUT2D eigenvalue weighted by Crippen LogP contribution is 2.33. The van der Waals surface area contributed by atoms with E-state index in [0.29, 0.717) is 110 Å². The van der Waals surface area contributed by atoms with Crippen LogP contribution in [-0.4, -0.2) is 110 Å². The zero-order chi connectivity index (χ0) is 54.3. The number of hydrogen-bond donors (Lipinski definition) is 2.